The van der Waals surface area contributed by atoms with E-state index in [1.54, 1.807) is 25.5 Å². The number of hydrogen-bond donors (Lipinski definition) is 2. The zero-order chi connectivity index (χ0) is 16.2. The molecule has 2 aromatic heterocycles. The van der Waals surface area contributed by atoms with Crippen molar-refractivity contribution in [3.63, 3.8) is 0 Å². The third-order valence-electron chi connectivity index (χ3n) is 3.13. The Labute approximate surface area is 136 Å². The van der Waals surface area contributed by atoms with E-state index in [-0.39, 0.29) is 5.56 Å². The molecular weight excluding hydrogens is 312 g/mol. The number of anilines is 2. The molecule has 2 N–H and O–H groups in total. The minimum absolute atomic E-state index is 0.136. The number of hydrogen-bond acceptors (Lipinski definition) is 4. The summed E-state index contributed by atoms with van der Waals surface area (Å²) >= 11 is 1.39. The summed E-state index contributed by atoms with van der Waals surface area (Å²) < 4.78 is 1.40. The molecule has 6 nitrogen and oxygen atoms in total. The van der Waals surface area contributed by atoms with Gasteiger partial charge in [-0.3, -0.25) is 10.1 Å². The van der Waals surface area contributed by atoms with Crippen LogP contribution in [0.1, 0.15) is 0 Å². The fourth-order valence-electron chi connectivity index (χ4n) is 2.00. The van der Waals surface area contributed by atoms with E-state index < -0.39 is 6.03 Å². The van der Waals surface area contributed by atoms with Crippen LogP contribution < -0.4 is 16.2 Å². The summed E-state index contributed by atoms with van der Waals surface area (Å²) in [6.07, 6.45) is 3.28. The summed E-state index contributed by atoms with van der Waals surface area (Å²) in [5, 5.41) is 5.85. The number of aryl methyl sites for hydroxylation is 1. The zero-order valence-electron chi connectivity index (χ0n) is 12.3. The normalized spacial score (nSPS) is 10.3. The van der Waals surface area contributed by atoms with Crippen LogP contribution in [0.15, 0.2) is 59.7 Å². The summed E-state index contributed by atoms with van der Waals surface area (Å²) in [4.78, 5) is 28.5. The van der Waals surface area contributed by atoms with Gasteiger partial charge in [-0.1, -0.05) is 41.7 Å². The minimum Gasteiger partial charge on any atom is -0.317 e. The lowest BCUT2D eigenvalue weighted by Crippen LogP contribution is -2.21. The van der Waals surface area contributed by atoms with Crippen molar-refractivity contribution in [3.8, 4) is 10.4 Å². The lowest BCUT2D eigenvalue weighted by Gasteiger charge is -2.06. The van der Waals surface area contributed by atoms with Crippen molar-refractivity contribution in [3.05, 3.63) is 65.2 Å². The van der Waals surface area contributed by atoms with Crippen LogP contribution >= 0.6 is 11.3 Å². The average Bonchev–Trinajstić information content (AvgIpc) is 3.00. The average molecular weight is 326 g/mol. The second-order valence-electron chi connectivity index (χ2n) is 4.84. The SMILES string of the molecule is Cn1cc(NC(=O)Nc2ncc(-c3ccccc3)s2)ccc1=O. The number of nitrogens with one attached hydrogen (secondary N) is 2. The second-order valence-corrected chi connectivity index (χ2v) is 5.87. The largest absolute Gasteiger partial charge is 0.325 e. The highest BCUT2D eigenvalue weighted by atomic mass is 32.1. The molecule has 23 heavy (non-hydrogen) atoms. The predicted octanol–water partition coefficient (Wildman–Crippen LogP) is 3.15. The number of thiazole rings is 1. The second kappa shape index (κ2) is 6.45. The molecule has 0 aliphatic heterocycles. The van der Waals surface area contributed by atoms with Gasteiger partial charge < -0.3 is 9.88 Å². The van der Waals surface area contributed by atoms with E-state index in [1.807, 2.05) is 30.3 Å². The van der Waals surface area contributed by atoms with E-state index in [4.69, 9.17) is 0 Å². The van der Waals surface area contributed by atoms with Crippen molar-refractivity contribution in [2.75, 3.05) is 10.6 Å². The van der Waals surface area contributed by atoms with Crippen molar-refractivity contribution in [2.24, 2.45) is 7.05 Å². The van der Waals surface area contributed by atoms with E-state index in [9.17, 15) is 9.59 Å². The molecule has 2 amide bonds. The van der Waals surface area contributed by atoms with Crippen LogP contribution in [-0.4, -0.2) is 15.6 Å². The Kier molecular flexibility index (Phi) is 4.20. The molecule has 0 spiro atoms. The summed E-state index contributed by atoms with van der Waals surface area (Å²) in [6, 6.07) is 12.4. The monoisotopic (exact) mass is 326 g/mol. The lowest BCUT2D eigenvalue weighted by molar-refractivity contribution is 0.262. The van der Waals surface area contributed by atoms with Gasteiger partial charge in [0.05, 0.1) is 10.6 Å². The first kappa shape index (κ1) is 15.0. The Bertz CT molecular complexity index is 886. The lowest BCUT2D eigenvalue weighted by atomic mass is 10.2. The van der Waals surface area contributed by atoms with Crippen LogP contribution in [0.5, 0.6) is 0 Å². The molecule has 116 valence electrons. The third kappa shape index (κ3) is 3.64. The highest BCUT2D eigenvalue weighted by Gasteiger charge is 2.08. The van der Waals surface area contributed by atoms with Gasteiger partial charge in [-0.25, -0.2) is 9.78 Å². The predicted molar refractivity (Wildman–Crippen MR) is 91.9 cm³/mol. The van der Waals surface area contributed by atoms with Crippen LogP contribution in [-0.2, 0) is 7.05 Å². The van der Waals surface area contributed by atoms with Gasteiger partial charge in [0.25, 0.3) is 0 Å². The topological polar surface area (TPSA) is 76.0 Å². The molecule has 0 saturated carbocycles. The van der Waals surface area contributed by atoms with E-state index >= 15 is 0 Å². The fourth-order valence-corrected chi connectivity index (χ4v) is 2.81. The van der Waals surface area contributed by atoms with Crippen molar-refractivity contribution in [2.45, 2.75) is 0 Å². The number of urea groups is 1. The standard InChI is InChI=1S/C16H14N4O2S/c1-20-10-12(7-8-14(20)21)18-15(22)19-16-17-9-13(23-16)11-5-3-2-4-6-11/h2-10H,1H3,(H2,17,18,19,22). The molecule has 0 atom stereocenters. The molecule has 0 bridgehead atoms. The van der Waals surface area contributed by atoms with Crippen LogP contribution in [0.25, 0.3) is 10.4 Å². The quantitative estimate of drug-likeness (QED) is 0.776. The van der Waals surface area contributed by atoms with E-state index in [0.29, 0.717) is 10.8 Å². The fraction of sp³-hybridized carbons (Fsp3) is 0.0625. The van der Waals surface area contributed by atoms with E-state index in [1.165, 1.54) is 22.0 Å². The van der Waals surface area contributed by atoms with E-state index in [2.05, 4.69) is 15.6 Å². The van der Waals surface area contributed by atoms with Crippen molar-refractivity contribution in [1.29, 1.82) is 0 Å². The molecule has 0 aliphatic carbocycles. The van der Waals surface area contributed by atoms with Crippen molar-refractivity contribution >= 4 is 28.2 Å². The number of nitrogens with zero attached hydrogens (tertiary/aromatic N) is 2. The number of amides is 2. The summed E-state index contributed by atoms with van der Waals surface area (Å²) in [5.41, 5.74) is 1.45. The molecule has 0 unspecified atom stereocenters. The Balaban J connectivity index is 1.67. The summed E-state index contributed by atoms with van der Waals surface area (Å²) in [7, 11) is 1.62. The number of aromatic nitrogens is 2. The summed E-state index contributed by atoms with van der Waals surface area (Å²) in [5.74, 6) is 0. The van der Waals surface area contributed by atoms with Gasteiger partial charge in [0, 0.05) is 25.5 Å². The molecule has 0 saturated heterocycles. The van der Waals surface area contributed by atoms with Crippen LogP contribution in [0, 0.1) is 0 Å². The maximum Gasteiger partial charge on any atom is 0.325 e. The van der Waals surface area contributed by atoms with Gasteiger partial charge in [-0.05, 0) is 11.6 Å². The first-order valence-electron chi connectivity index (χ1n) is 6.88. The smallest absolute Gasteiger partial charge is 0.317 e. The minimum atomic E-state index is -0.405. The molecule has 0 radical (unpaired) electrons. The maximum atomic E-state index is 12.0. The van der Waals surface area contributed by atoms with Gasteiger partial charge in [0.2, 0.25) is 5.56 Å². The molecule has 7 heteroatoms. The van der Waals surface area contributed by atoms with Gasteiger partial charge >= 0.3 is 6.03 Å². The van der Waals surface area contributed by atoms with Gasteiger partial charge in [0.15, 0.2) is 5.13 Å². The van der Waals surface area contributed by atoms with Crippen LogP contribution in [0.2, 0.25) is 0 Å². The maximum absolute atomic E-state index is 12.0. The first-order valence-corrected chi connectivity index (χ1v) is 7.69. The van der Waals surface area contributed by atoms with Gasteiger partial charge in [-0.2, -0.15) is 0 Å². The van der Waals surface area contributed by atoms with Crippen molar-refractivity contribution in [1.82, 2.24) is 9.55 Å². The Hall–Kier alpha value is -2.93. The number of pyridine rings is 1. The van der Waals surface area contributed by atoms with E-state index in [0.717, 1.165) is 10.4 Å². The number of carbonyl (C=O) groups is 1. The molecule has 3 aromatic rings. The Morgan fingerprint density at radius 1 is 1.13 bits per heavy atom. The molecule has 2 heterocycles. The molecule has 0 fully saturated rings. The van der Waals surface area contributed by atoms with Crippen LogP contribution in [0.3, 0.4) is 0 Å². The van der Waals surface area contributed by atoms with Crippen molar-refractivity contribution < 1.29 is 4.79 Å². The molecular formula is C16H14N4O2S. The van der Waals surface area contributed by atoms with Gasteiger partial charge in [0.1, 0.15) is 0 Å². The number of benzene rings is 1. The highest BCUT2D eigenvalue weighted by Crippen LogP contribution is 2.28. The first-order chi connectivity index (χ1) is 11.1. The molecule has 0 aliphatic rings. The Morgan fingerprint density at radius 3 is 2.65 bits per heavy atom. The van der Waals surface area contributed by atoms with Crippen LogP contribution in [0.4, 0.5) is 15.6 Å². The number of rotatable bonds is 3. The molecule has 3 rings (SSSR count). The molecule has 1 aromatic carbocycles. The Morgan fingerprint density at radius 2 is 1.91 bits per heavy atom. The third-order valence-corrected chi connectivity index (χ3v) is 4.09. The van der Waals surface area contributed by atoms with Gasteiger partial charge in [-0.15, -0.1) is 0 Å². The summed E-state index contributed by atoms with van der Waals surface area (Å²) in [6.45, 7) is 0. The number of carbonyl (C=O) groups excluding carboxylic acids is 1. The highest BCUT2D eigenvalue weighted by molar-refractivity contribution is 7.19. The zero-order valence-corrected chi connectivity index (χ0v) is 13.1.